The molecule has 2 rings (SSSR count). The van der Waals surface area contributed by atoms with Gasteiger partial charge in [-0.1, -0.05) is 13.8 Å². The van der Waals surface area contributed by atoms with Gasteiger partial charge in [-0.2, -0.15) is 5.10 Å². The van der Waals surface area contributed by atoms with Gasteiger partial charge in [0.05, 0.1) is 17.4 Å². The molecule has 1 aromatic carbocycles. The lowest BCUT2D eigenvalue weighted by Gasteiger charge is -2.20. The van der Waals surface area contributed by atoms with Gasteiger partial charge in [-0.05, 0) is 44.2 Å². The van der Waals surface area contributed by atoms with Gasteiger partial charge in [-0.15, -0.1) is 0 Å². The Bertz CT molecular complexity index is 608. The topological polar surface area (TPSA) is 29.9 Å². The van der Waals surface area contributed by atoms with Crippen LogP contribution in [0.5, 0.6) is 0 Å². The molecule has 114 valence electrons. The molecule has 1 aromatic heterocycles. The van der Waals surface area contributed by atoms with E-state index in [1.807, 2.05) is 31.5 Å². The lowest BCUT2D eigenvalue weighted by atomic mass is 10.0. The normalized spacial score (nSPS) is 12.6. The van der Waals surface area contributed by atoms with Gasteiger partial charge < -0.3 is 5.32 Å². The van der Waals surface area contributed by atoms with Crippen molar-refractivity contribution in [2.45, 2.75) is 39.8 Å². The zero-order valence-corrected chi connectivity index (χ0v) is 12.7. The Labute approximate surface area is 124 Å². The number of hydrogen-bond acceptors (Lipinski definition) is 2. The van der Waals surface area contributed by atoms with Crippen molar-refractivity contribution in [3.05, 3.63) is 52.9 Å². The molecule has 0 saturated heterocycles. The molecular weight excluding hydrogens is 272 g/mol. The molecule has 0 bridgehead atoms. The van der Waals surface area contributed by atoms with Crippen molar-refractivity contribution < 1.29 is 8.78 Å². The van der Waals surface area contributed by atoms with Gasteiger partial charge in [0, 0.05) is 12.1 Å². The van der Waals surface area contributed by atoms with Crippen LogP contribution in [-0.2, 0) is 13.0 Å². The summed E-state index contributed by atoms with van der Waals surface area (Å²) < 4.78 is 29.5. The molecule has 1 unspecified atom stereocenters. The van der Waals surface area contributed by atoms with Gasteiger partial charge in [-0.25, -0.2) is 8.78 Å². The van der Waals surface area contributed by atoms with Crippen LogP contribution >= 0.6 is 0 Å². The third kappa shape index (κ3) is 3.29. The fraction of sp³-hybridized carbons (Fsp3) is 0.438. The SMILES string of the molecule is CCNC(c1cc(F)ccc1F)c1cc(CC)nn1CC. The van der Waals surface area contributed by atoms with Crippen LogP contribution in [0, 0.1) is 11.6 Å². The quantitative estimate of drug-likeness (QED) is 0.884. The van der Waals surface area contributed by atoms with Gasteiger partial charge in [0.2, 0.25) is 0 Å². The Morgan fingerprint density at radius 3 is 2.57 bits per heavy atom. The summed E-state index contributed by atoms with van der Waals surface area (Å²) in [5.74, 6) is -0.850. The molecule has 0 radical (unpaired) electrons. The van der Waals surface area contributed by atoms with Crippen LogP contribution in [0.1, 0.15) is 43.8 Å². The number of aromatic nitrogens is 2. The third-order valence-corrected chi connectivity index (χ3v) is 3.50. The third-order valence-electron chi connectivity index (χ3n) is 3.50. The molecule has 0 fully saturated rings. The van der Waals surface area contributed by atoms with Crippen LogP contribution < -0.4 is 5.32 Å². The average Bonchev–Trinajstić information content (AvgIpc) is 2.90. The fourth-order valence-electron chi connectivity index (χ4n) is 2.46. The summed E-state index contributed by atoms with van der Waals surface area (Å²) in [6.07, 6.45) is 0.810. The van der Waals surface area contributed by atoms with Crippen molar-refractivity contribution in [3.63, 3.8) is 0 Å². The second-order valence-electron chi connectivity index (χ2n) is 4.89. The maximum atomic E-state index is 14.1. The second kappa shape index (κ2) is 6.80. The first-order valence-electron chi connectivity index (χ1n) is 7.35. The molecular formula is C16H21F2N3. The van der Waals surface area contributed by atoms with Gasteiger partial charge in [0.1, 0.15) is 11.6 Å². The van der Waals surface area contributed by atoms with E-state index in [4.69, 9.17) is 0 Å². The molecule has 1 heterocycles. The average molecular weight is 293 g/mol. The number of nitrogens with zero attached hydrogens (tertiary/aromatic N) is 2. The summed E-state index contributed by atoms with van der Waals surface area (Å²) >= 11 is 0. The Kier molecular flexibility index (Phi) is 5.07. The number of halogens is 2. The molecule has 0 aliphatic carbocycles. The van der Waals surface area contributed by atoms with E-state index >= 15 is 0 Å². The van der Waals surface area contributed by atoms with Gasteiger partial charge in [-0.3, -0.25) is 4.68 Å². The Hall–Kier alpha value is -1.75. The summed E-state index contributed by atoms with van der Waals surface area (Å²) in [4.78, 5) is 0. The Morgan fingerprint density at radius 1 is 1.19 bits per heavy atom. The standard InChI is InChI=1S/C16H21F2N3/c1-4-12-10-15(21(6-3)20-12)16(19-5-2)13-9-11(17)7-8-14(13)18/h7-10,16,19H,4-6H2,1-3H3. The first-order chi connectivity index (χ1) is 10.1. The molecule has 0 spiro atoms. The number of aryl methyl sites for hydroxylation is 2. The van der Waals surface area contributed by atoms with Crippen molar-refractivity contribution in [1.29, 1.82) is 0 Å². The van der Waals surface area contributed by atoms with E-state index < -0.39 is 17.7 Å². The van der Waals surface area contributed by atoms with Crippen molar-refractivity contribution >= 4 is 0 Å². The number of nitrogens with one attached hydrogen (secondary N) is 1. The van der Waals surface area contributed by atoms with Crippen molar-refractivity contribution in [2.75, 3.05) is 6.54 Å². The largest absolute Gasteiger partial charge is 0.305 e. The van der Waals surface area contributed by atoms with E-state index in [1.54, 1.807) is 0 Å². The van der Waals surface area contributed by atoms with Crippen LogP contribution in [0.2, 0.25) is 0 Å². The van der Waals surface area contributed by atoms with E-state index in [2.05, 4.69) is 10.4 Å². The first kappa shape index (κ1) is 15.6. The Balaban J connectivity index is 2.52. The summed E-state index contributed by atoms with van der Waals surface area (Å²) in [7, 11) is 0. The van der Waals surface area contributed by atoms with E-state index in [0.29, 0.717) is 18.7 Å². The highest BCUT2D eigenvalue weighted by Crippen LogP contribution is 2.26. The van der Waals surface area contributed by atoms with Crippen molar-refractivity contribution in [1.82, 2.24) is 15.1 Å². The predicted molar refractivity (Wildman–Crippen MR) is 79.2 cm³/mol. The van der Waals surface area contributed by atoms with Crippen molar-refractivity contribution in [2.24, 2.45) is 0 Å². The fourth-order valence-corrected chi connectivity index (χ4v) is 2.46. The monoisotopic (exact) mass is 293 g/mol. The van der Waals surface area contributed by atoms with Crippen LogP contribution in [0.3, 0.4) is 0 Å². The molecule has 3 nitrogen and oxygen atoms in total. The van der Waals surface area contributed by atoms with E-state index in [9.17, 15) is 8.78 Å². The van der Waals surface area contributed by atoms with Gasteiger partial charge >= 0.3 is 0 Å². The lowest BCUT2D eigenvalue weighted by Crippen LogP contribution is -2.25. The maximum absolute atomic E-state index is 14.1. The van der Waals surface area contributed by atoms with Crippen LogP contribution in [0.25, 0.3) is 0 Å². The van der Waals surface area contributed by atoms with Crippen molar-refractivity contribution in [3.8, 4) is 0 Å². The summed E-state index contributed by atoms with van der Waals surface area (Å²) in [6.45, 7) is 7.29. The van der Waals surface area contributed by atoms with E-state index in [-0.39, 0.29) is 0 Å². The lowest BCUT2D eigenvalue weighted by molar-refractivity contribution is 0.508. The van der Waals surface area contributed by atoms with Crippen LogP contribution in [0.15, 0.2) is 24.3 Å². The molecule has 1 atom stereocenters. The molecule has 1 N–H and O–H groups in total. The number of benzene rings is 1. The minimum Gasteiger partial charge on any atom is -0.305 e. The number of hydrogen-bond donors (Lipinski definition) is 1. The molecule has 5 heteroatoms. The minimum atomic E-state index is -0.437. The zero-order valence-electron chi connectivity index (χ0n) is 12.7. The summed E-state index contributed by atoms with van der Waals surface area (Å²) in [6, 6.07) is 5.11. The number of rotatable bonds is 6. The van der Waals surface area contributed by atoms with Crippen LogP contribution in [0.4, 0.5) is 8.78 Å². The van der Waals surface area contributed by atoms with E-state index in [0.717, 1.165) is 23.9 Å². The summed E-state index contributed by atoms with van der Waals surface area (Å²) in [5, 5.41) is 7.72. The van der Waals surface area contributed by atoms with Gasteiger partial charge in [0.15, 0.2) is 0 Å². The minimum absolute atomic E-state index is 0.314. The predicted octanol–water partition coefficient (Wildman–Crippen LogP) is 3.44. The van der Waals surface area contributed by atoms with Gasteiger partial charge in [0.25, 0.3) is 0 Å². The summed E-state index contributed by atoms with van der Waals surface area (Å²) in [5.41, 5.74) is 2.13. The highest BCUT2D eigenvalue weighted by molar-refractivity contribution is 5.31. The first-order valence-corrected chi connectivity index (χ1v) is 7.35. The highest BCUT2D eigenvalue weighted by atomic mass is 19.1. The van der Waals surface area contributed by atoms with Crippen LogP contribution in [-0.4, -0.2) is 16.3 Å². The molecule has 0 aliphatic heterocycles. The maximum Gasteiger partial charge on any atom is 0.128 e. The molecule has 0 amide bonds. The molecule has 0 saturated carbocycles. The molecule has 0 aliphatic rings. The smallest absolute Gasteiger partial charge is 0.128 e. The molecule has 2 aromatic rings. The second-order valence-corrected chi connectivity index (χ2v) is 4.89. The van der Waals surface area contributed by atoms with E-state index in [1.165, 1.54) is 12.1 Å². The highest BCUT2D eigenvalue weighted by Gasteiger charge is 2.22. The Morgan fingerprint density at radius 2 is 1.95 bits per heavy atom. The zero-order chi connectivity index (χ0) is 15.4. The molecule has 21 heavy (non-hydrogen) atoms.